The Kier molecular flexibility index (Phi) is 3.73. The summed E-state index contributed by atoms with van der Waals surface area (Å²) < 4.78 is 14.3. The predicted octanol–water partition coefficient (Wildman–Crippen LogP) is 2.58. The highest BCUT2D eigenvalue weighted by molar-refractivity contribution is 9.10. The van der Waals surface area contributed by atoms with Crippen molar-refractivity contribution in [1.29, 1.82) is 0 Å². The van der Waals surface area contributed by atoms with Gasteiger partial charge in [0, 0.05) is 17.6 Å². The topological polar surface area (TPSA) is 40.5 Å². The van der Waals surface area contributed by atoms with Crippen LogP contribution in [0.25, 0.3) is 0 Å². The number of piperidine rings is 1. The van der Waals surface area contributed by atoms with E-state index in [-0.39, 0.29) is 18.0 Å². The van der Waals surface area contributed by atoms with Gasteiger partial charge in [-0.15, -0.1) is 0 Å². The highest BCUT2D eigenvalue weighted by Gasteiger charge is 2.32. The van der Waals surface area contributed by atoms with Crippen LogP contribution in [0.2, 0.25) is 0 Å². The van der Waals surface area contributed by atoms with Gasteiger partial charge < -0.3 is 10.0 Å². The number of β-amino-alcohol motifs (C(OH)–C–C–N with tert-alkyl or cyclic N) is 1. The van der Waals surface area contributed by atoms with Crippen molar-refractivity contribution in [3.8, 4) is 0 Å². The maximum absolute atomic E-state index is 13.7. The van der Waals surface area contributed by atoms with Crippen LogP contribution in [-0.4, -0.2) is 34.6 Å². The third-order valence-corrected chi connectivity index (χ3v) is 3.62. The summed E-state index contributed by atoms with van der Waals surface area (Å²) >= 11 is 3.15. The Balaban J connectivity index is 2.20. The van der Waals surface area contributed by atoms with Crippen LogP contribution in [-0.2, 0) is 0 Å². The summed E-state index contributed by atoms with van der Waals surface area (Å²) in [6.07, 6.45) is 1.40. The lowest BCUT2D eigenvalue weighted by Crippen LogP contribution is -2.48. The van der Waals surface area contributed by atoms with E-state index in [1.807, 2.05) is 0 Å². The molecule has 1 saturated heterocycles. The van der Waals surface area contributed by atoms with Gasteiger partial charge in [-0.05, 0) is 38.0 Å². The van der Waals surface area contributed by atoms with E-state index in [0.717, 1.165) is 6.42 Å². The molecule has 3 nitrogen and oxygen atoms in total. The van der Waals surface area contributed by atoms with Crippen LogP contribution in [0.3, 0.4) is 0 Å². The van der Waals surface area contributed by atoms with Crippen LogP contribution in [0.15, 0.2) is 22.7 Å². The molecule has 1 N–H and O–H groups in total. The van der Waals surface area contributed by atoms with E-state index in [0.29, 0.717) is 17.4 Å². The summed E-state index contributed by atoms with van der Waals surface area (Å²) in [5.74, 6) is -0.903. The summed E-state index contributed by atoms with van der Waals surface area (Å²) in [4.78, 5) is 13.7. The lowest BCUT2D eigenvalue weighted by Gasteiger charge is -2.36. The number of likely N-dealkylation sites (tertiary alicyclic amines) is 1. The summed E-state index contributed by atoms with van der Waals surface area (Å²) in [5, 5.41) is 9.96. The average molecular weight is 316 g/mol. The Morgan fingerprint density at radius 2 is 2.28 bits per heavy atom. The highest BCUT2D eigenvalue weighted by atomic mass is 79.9. The van der Waals surface area contributed by atoms with Crippen molar-refractivity contribution in [1.82, 2.24) is 4.90 Å². The second-order valence-electron chi connectivity index (χ2n) is 4.95. The molecule has 0 aromatic heterocycles. The molecule has 5 heteroatoms. The number of amides is 1. The van der Waals surface area contributed by atoms with Crippen molar-refractivity contribution in [3.63, 3.8) is 0 Å². The molecule has 98 valence electrons. The van der Waals surface area contributed by atoms with E-state index in [4.69, 9.17) is 0 Å². The van der Waals surface area contributed by atoms with E-state index in [9.17, 15) is 14.3 Å². The van der Waals surface area contributed by atoms with Gasteiger partial charge in [0.1, 0.15) is 5.82 Å². The number of halogens is 2. The number of rotatable bonds is 1. The van der Waals surface area contributed by atoms with Crippen molar-refractivity contribution < 1.29 is 14.3 Å². The lowest BCUT2D eigenvalue weighted by atomic mass is 9.94. The third-order valence-electron chi connectivity index (χ3n) is 3.12. The minimum atomic E-state index is -0.875. The smallest absolute Gasteiger partial charge is 0.256 e. The monoisotopic (exact) mass is 315 g/mol. The quantitative estimate of drug-likeness (QED) is 0.865. The molecule has 1 aliphatic heterocycles. The molecule has 18 heavy (non-hydrogen) atoms. The largest absolute Gasteiger partial charge is 0.388 e. The van der Waals surface area contributed by atoms with Crippen molar-refractivity contribution in [2.75, 3.05) is 13.1 Å². The van der Waals surface area contributed by atoms with Crippen LogP contribution in [0.1, 0.15) is 30.1 Å². The first-order valence-electron chi connectivity index (χ1n) is 5.86. The average Bonchev–Trinajstić information content (AvgIpc) is 2.27. The van der Waals surface area contributed by atoms with Crippen LogP contribution in [0.4, 0.5) is 4.39 Å². The lowest BCUT2D eigenvalue weighted by molar-refractivity contribution is -0.0109. The van der Waals surface area contributed by atoms with Crippen molar-refractivity contribution in [2.24, 2.45) is 0 Å². The van der Waals surface area contributed by atoms with Crippen molar-refractivity contribution in [3.05, 3.63) is 34.1 Å². The zero-order valence-electron chi connectivity index (χ0n) is 10.1. The molecule has 1 amide bonds. The number of hydrogen-bond acceptors (Lipinski definition) is 2. The van der Waals surface area contributed by atoms with Crippen LogP contribution in [0.5, 0.6) is 0 Å². The first kappa shape index (κ1) is 13.5. The molecule has 0 aliphatic carbocycles. The summed E-state index contributed by atoms with van der Waals surface area (Å²) in [7, 11) is 0. The Morgan fingerprint density at radius 3 is 2.89 bits per heavy atom. The summed E-state index contributed by atoms with van der Waals surface area (Å²) in [5.41, 5.74) is -0.823. The molecular weight excluding hydrogens is 301 g/mol. The first-order valence-corrected chi connectivity index (χ1v) is 6.65. The zero-order chi connectivity index (χ0) is 13.3. The van der Waals surface area contributed by atoms with Crippen LogP contribution in [0, 0.1) is 5.82 Å². The normalized spacial score (nSPS) is 24.1. The van der Waals surface area contributed by atoms with Gasteiger partial charge in [-0.1, -0.05) is 15.9 Å². The fraction of sp³-hybridized carbons (Fsp3) is 0.462. The molecule has 1 aromatic rings. The number of aliphatic hydroxyl groups is 1. The maximum Gasteiger partial charge on any atom is 0.256 e. The Labute approximate surface area is 114 Å². The molecule has 0 saturated carbocycles. The molecule has 0 bridgehead atoms. The van der Waals surface area contributed by atoms with Gasteiger partial charge in [-0.25, -0.2) is 4.39 Å². The maximum atomic E-state index is 13.7. The summed E-state index contributed by atoms with van der Waals surface area (Å²) in [6.45, 7) is 2.51. The number of hydrogen-bond donors (Lipinski definition) is 1. The van der Waals surface area contributed by atoms with Crippen LogP contribution >= 0.6 is 15.9 Å². The third kappa shape index (κ3) is 2.90. The molecule has 1 aliphatic rings. The van der Waals surface area contributed by atoms with E-state index in [2.05, 4.69) is 15.9 Å². The molecule has 1 aromatic carbocycles. The minimum Gasteiger partial charge on any atom is -0.388 e. The zero-order valence-corrected chi connectivity index (χ0v) is 11.7. The van der Waals surface area contributed by atoms with Crippen LogP contribution < -0.4 is 0 Å². The Hall–Kier alpha value is -0.940. The van der Waals surface area contributed by atoms with Gasteiger partial charge in [0.2, 0.25) is 0 Å². The molecule has 2 rings (SSSR count). The molecule has 0 radical (unpaired) electrons. The second kappa shape index (κ2) is 4.97. The molecule has 0 spiro atoms. The van der Waals surface area contributed by atoms with E-state index >= 15 is 0 Å². The molecule has 1 fully saturated rings. The van der Waals surface area contributed by atoms with Gasteiger partial charge in [0.05, 0.1) is 11.2 Å². The van der Waals surface area contributed by atoms with E-state index < -0.39 is 11.4 Å². The van der Waals surface area contributed by atoms with Gasteiger partial charge in [0.25, 0.3) is 5.91 Å². The predicted molar refractivity (Wildman–Crippen MR) is 69.9 cm³/mol. The fourth-order valence-electron chi connectivity index (χ4n) is 2.23. The number of benzene rings is 1. The second-order valence-corrected chi connectivity index (χ2v) is 5.87. The Bertz CT molecular complexity index is 476. The van der Waals surface area contributed by atoms with E-state index in [1.165, 1.54) is 17.0 Å². The molecule has 1 heterocycles. The molecule has 1 unspecified atom stereocenters. The Morgan fingerprint density at radius 1 is 1.56 bits per heavy atom. The molecular formula is C13H15BrFNO2. The van der Waals surface area contributed by atoms with Crippen molar-refractivity contribution in [2.45, 2.75) is 25.4 Å². The van der Waals surface area contributed by atoms with E-state index in [1.54, 1.807) is 13.0 Å². The van der Waals surface area contributed by atoms with Gasteiger partial charge >= 0.3 is 0 Å². The first-order chi connectivity index (χ1) is 8.39. The van der Waals surface area contributed by atoms with Gasteiger partial charge in [-0.2, -0.15) is 0 Å². The van der Waals surface area contributed by atoms with Crippen molar-refractivity contribution >= 4 is 21.8 Å². The number of nitrogens with zero attached hydrogens (tertiary/aromatic N) is 1. The fourth-order valence-corrected chi connectivity index (χ4v) is 2.56. The highest BCUT2D eigenvalue weighted by Crippen LogP contribution is 2.23. The summed E-state index contributed by atoms with van der Waals surface area (Å²) in [6, 6.07) is 4.37. The standard InChI is InChI=1S/C13H15BrFNO2/c1-13(18)5-2-6-16(8-13)12(17)10-4-3-9(14)7-11(10)15/h3-4,7,18H,2,5-6,8H2,1H3. The van der Waals surface area contributed by atoms with Gasteiger partial charge in [-0.3, -0.25) is 4.79 Å². The molecule has 1 atom stereocenters. The number of carbonyl (C=O) groups is 1. The van der Waals surface area contributed by atoms with Gasteiger partial charge in [0.15, 0.2) is 0 Å². The SMILES string of the molecule is CC1(O)CCCN(C(=O)c2ccc(Br)cc2F)C1. The minimum absolute atomic E-state index is 0.0518. The number of carbonyl (C=O) groups excluding carboxylic acids is 1.